The molecular formula is C30H40ClP. The fraction of sp³-hybridized carbons (Fsp3) is 0.400. The third-order valence-corrected chi connectivity index (χ3v) is 10.7. The predicted molar refractivity (Wildman–Crippen MR) is 140 cm³/mol. The third-order valence-electron chi connectivity index (χ3n) is 6.32. The van der Waals surface area contributed by atoms with Gasteiger partial charge in [-0.1, -0.05) is 130 Å². The van der Waals surface area contributed by atoms with Crippen LogP contribution in [0.1, 0.15) is 68.6 Å². The molecule has 0 fully saturated rings. The monoisotopic (exact) mass is 466 g/mol. The van der Waals surface area contributed by atoms with Crippen molar-refractivity contribution in [3.8, 4) is 0 Å². The molecule has 0 N–H and O–H groups in total. The highest BCUT2D eigenvalue weighted by Crippen LogP contribution is 2.67. The average molecular weight is 467 g/mol. The average Bonchev–Trinajstić information content (AvgIpc) is 2.80. The molecule has 172 valence electrons. The molecule has 32 heavy (non-hydrogen) atoms. The zero-order chi connectivity index (χ0) is 21.6. The highest BCUT2D eigenvalue weighted by atomic mass is 35.5. The SMILES string of the molecule is CCCCCCCCC[P+](Cc1ccccc1)(Cc1ccccc1)Cc1ccccc1.[Cl-]. The third kappa shape index (κ3) is 9.48. The molecule has 2 heteroatoms. The number of unbranched alkanes of at least 4 members (excludes halogenated alkanes) is 6. The molecular weight excluding hydrogens is 427 g/mol. The molecule has 3 aromatic rings. The minimum atomic E-state index is -1.22. The molecule has 0 atom stereocenters. The van der Waals surface area contributed by atoms with E-state index in [9.17, 15) is 0 Å². The second kappa shape index (κ2) is 15.3. The molecule has 0 saturated carbocycles. The van der Waals surface area contributed by atoms with Gasteiger partial charge in [-0.05, 0) is 29.5 Å². The van der Waals surface area contributed by atoms with Crippen molar-refractivity contribution in [3.63, 3.8) is 0 Å². The lowest BCUT2D eigenvalue weighted by molar-refractivity contribution is -0.00000662. The second-order valence-electron chi connectivity index (χ2n) is 9.12. The van der Waals surface area contributed by atoms with Crippen LogP contribution in [0.5, 0.6) is 0 Å². The van der Waals surface area contributed by atoms with E-state index in [2.05, 4.69) is 97.9 Å². The molecule has 0 aliphatic carbocycles. The summed E-state index contributed by atoms with van der Waals surface area (Å²) in [5.74, 6) is 0. The molecule has 3 rings (SSSR count). The number of halogens is 1. The van der Waals surface area contributed by atoms with Gasteiger partial charge in [0.2, 0.25) is 0 Å². The number of hydrogen-bond donors (Lipinski definition) is 0. The minimum absolute atomic E-state index is 0. The Bertz CT molecular complexity index is 731. The molecule has 0 heterocycles. The zero-order valence-corrected chi connectivity index (χ0v) is 21.4. The van der Waals surface area contributed by atoms with Crippen LogP contribution < -0.4 is 12.4 Å². The van der Waals surface area contributed by atoms with Gasteiger partial charge in [0.1, 0.15) is 0 Å². The van der Waals surface area contributed by atoms with Crippen molar-refractivity contribution in [3.05, 3.63) is 108 Å². The Hall–Kier alpha value is -1.62. The summed E-state index contributed by atoms with van der Waals surface area (Å²) in [4.78, 5) is 0. The topological polar surface area (TPSA) is 0 Å². The standard InChI is InChI=1S/C30H40P.ClH/c1-2-3-4-5-6-7-17-24-31(25-28-18-11-8-12-19-28,26-29-20-13-9-14-21-29)27-30-22-15-10-16-23-30;/h8-16,18-23H,2-7,17,24-27H2,1H3;1H/q+1;/p-1. The van der Waals surface area contributed by atoms with Gasteiger partial charge in [0.15, 0.2) is 0 Å². The zero-order valence-electron chi connectivity index (χ0n) is 19.8. The first kappa shape index (κ1) is 26.6. The first-order valence-corrected chi connectivity index (χ1v) is 14.8. The normalized spacial score (nSPS) is 11.2. The van der Waals surface area contributed by atoms with Crippen LogP contribution >= 0.6 is 7.26 Å². The van der Waals surface area contributed by atoms with Gasteiger partial charge in [0, 0.05) is 7.26 Å². The maximum Gasteiger partial charge on any atom is 0.0849 e. The molecule has 0 aromatic heterocycles. The molecule has 0 aliphatic heterocycles. The lowest BCUT2D eigenvalue weighted by Gasteiger charge is -2.29. The summed E-state index contributed by atoms with van der Waals surface area (Å²) in [5.41, 5.74) is 4.56. The quantitative estimate of drug-likeness (QED) is 0.191. The Morgan fingerprint density at radius 2 is 0.812 bits per heavy atom. The summed E-state index contributed by atoms with van der Waals surface area (Å²) < 4.78 is 0. The van der Waals surface area contributed by atoms with Gasteiger partial charge >= 0.3 is 0 Å². The number of benzene rings is 3. The van der Waals surface area contributed by atoms with Gasteiger partial charge in [-0.3, -0.25) is 0 Å². The molecule has 0 unspecified atom stereocenters. The van der Waals surface area contributed by atoms with Crippen molar-refractivity contribution in [1.82, 2.24) is 0 Å². The lowest BCUT2D eigenvalue weighted by atomic mass is 10.1. The Balaban J connectivity index is 0.00000363. The highest BCUT2D eigenvalue weighted by molar-refractivity contribution is 7.73. The predicted octanol–water partition coefficient (Wildman–Crippen LogP) is 6.36. The lowest BCUT2D eigenvalue weighted by Crippen LogP contribution is -3.00. The maximum atomic E-state index is 2.34. The van der Waals surface area contributed by atoms with Gasteiger partial charge in [-0.15, -0.1) is 0 Å². The summed E-state index contributed by atoms with van der Waals surface area (Å²) in [6, 6.07) is 33.8. The van der Waals surface area contributed by atoms with Gasteiger partial charge in [-0.2, -0.15) is 0 Å². The van der Waals surface area contributed by atoms with Gasteiger partial charge in [0.05, 0.1) is 24.6 Å². The van der Waals surface area contributed by atoms with Crippen LogP contribution in [0.4, 0.5) is 0 Å². The molecule has 0 aliphatic rings. The van der Waals surface area contributed by atoms with Crippen molar-refractivity contribution >= 4 is 7.26 Å². The molecule has 0 nitrogen and oxygen atoms in total. The van der Waals surface area contributed by atoms with E-state index in [4.69, 9.17) is 0 Å². The second-order valence-corrected chi connectivity index (χ2v) is 13.2. The van der Waals surface area contributed by atoms with Crippen molar-refractivity contribution in [1.29, 1.82) is 0 Å². The van der Waals surface area contributed by atoms with E-state index in [1.165, 1.54) is 86.3 Å². The van der Waals surface area contributed by atoms with Crippen molar-refractivity contribution in [2.75, 3.05) is 6.16 Å². The Kier molecular flexibility index (Phi) is 12.7. The molecule has 0 saturated heterocycles. The van der Waals surface area contributed by atoms with Crippen LogP contribution in [-0.2, 0) is 18.5 Å². The van der Waals surface area contributed by atoms with E-state index >= 15 is 0 Å². The minimum Gasteiger partial charge on any atom is -1.00 e. The molecule has 0 amide bonds. The van der Waals surface area contributed by atoms with Crippen LogP contribution in [-0.4, -0.2) is 6.16 Å². The van der Waals surface area contributed by atoms with Crippen molar-refractivity contribution in [2.45, 2.75) is 70.4 Å². The fourth-order valence-corrected chi connectivity index (χ4v) is 9.38. The Morgan fingerprint density at radius 1 is 0.469 bits per heavy atom. The smallest absolute Gasteiger partial charge is 0.0849 e. The largest absolute Gasteiger partial charge is 1.00 e. The van der Waals surface area contributed by atoms with Crippen LogP contribution in [0.25, 0.3) is 0 Å². The van der Waals surface area contributed by atoms with E-state index < -0.39 is 7.26 Å². The molecule has 3 aromatic carbocycles. The summed E-state index contributed by atoms with van der Waals surface area (Å²) in [6.07, 6.45) is 14.9. The number of rotatable bonds is 14. The first-order chi connectivity index (χ1) is 15.3. The van der Waals surface area contributed by atoms with Crippen molar-refractivity contribution < 1.29 is 12.4 Å². The first-order valence-electron chi connectivity index (χ1n) is 12.3. The van der Waals surface area contributed by atoms with E-state index in [1.54, 1.807) is 0 Å². The Morgan fingerprint density at radius 3 is 1.19 bits per heavy atom. The summed E-state index contributed by atoms with van der Waals surface area (Å²) >= 11 is 0. The Labute approximate surface area is 203 Å². The van der Waals surface area contributed by atoms with Crippen LogP contribution in [0.15, 0.2) is 91.0 Å². The van der Waals surface area contributed by atoms with Gasteiger partial charge < -0.3 is 12.4 Å². The van der Waals surface area contributed by atoms with E-state index in [0.717, 1.165) is 0 Å². The van der Waals surface area contributed by atoms with Gasteiger partial charge in [-0.25, -0.2) is 0 Å². The van der Waals surface area contributed by atoms with E-state index in [0.29, 0.717) is 0 Å². The molecule has 0 radical (unpaired) electrons. The molecule has 0 bridgehead atoms. The van der Waals surface area contributed by atoms with Crippen LogP contribution in [0.3, 0.4) is 0 Å². The molecule has 0 spiro atoms. The maximum absolute atomic E-state index is 2.34. The van der Waals surface area contributed by atoms with E-state index in [-0.39, 0.29) is 12.4 Å². The summed E-state index contributed by atoms with van der Waals surface area (Å²) in [7, 11) is -1.22. The summed E-state index contributed by atoms with van der Waals surface area (Å²) in [5, 5.41) is 0. The van der Waals surface area contributed by atoms with Gasteiger partial charge in [0.25, 0.3) is 0 Å². The van der Waals surface area contributed by atoms with E-state index in [1.807, 2.05) is 0 Å². The van der Waals surface area contributed by atoms with Crippen LogP contribution in [0.2, 0.25) is 0 Å². The fourth-order valence-electron chi connectivity index (χ4n) is 4.72. The van der Waals surface area contributed by atoms with Crippen LogP contribution in [0, 0.1) is 0 Å². The summed E-state index contributed by atoms with van der Waals surface area (Å²) in [6.45, 7) is 2.30. The van der Waals surface area contributed by atoms with Crippen molar-refractivity contribution in [2.24, 2.45) is 0 Å². The highest BCUT2D eigenvalue weighted by Gasteiger charge is 2.37. The number of hydrogen-bond acceptors (Lipinski definition) is 0.